The normalized spacial score (nSPS) is 10.6. The number of nitrogens with zero attached hydrogens (tertiary/aromatic N) is 2. The molecule has 0 bridgehead atoms. The van der Waals surface area contributed by atoms with Crippen molar-refractivity contribution in [3.63, 3.8) is 0 Å². The highest BCUT2D eigenvalue weighted by atomic mass is 79.9. The van der Waals surface area contributed by atoms with Gasteiger partial charge in [0.1, 0.15) is 17.7 Å². The largest absolute Gasteiger partial charge is 0.490 e. The minimum absolute atomic E-state index is 0.0106. The molecule has 174 valence electrons. The molecular formula is C22H22BrFN4O5. The van der Waals surface area contributed by atoms with Gasteiger partial charge in [-0.15, -0.1) is 0 Å². The third-order valence-electron chi connectivity index (χ3n) is 4.57. The van der Waals surface area contributed by atoms with Crippen LogP contribution in [0.15, 0.2) is 47.1 Å². The number of unbranched alkanes of at least 4 members (excludes halogenated alkanes) is 1. The number of ether oxygens (including phenoxy) is 2. The zero-order valence-corrected chi connectivity index (χ0v) is 19.4. The lowest BCUT2D eigenvalue weighted by molar-refractivity contribution is -0.384. The number of benzene rings is 2. The number of nitrogens with one attached hydrogen (secondary N) is 2. The van der Waals surface area contributed by atoms with Crippen LogP contribution in [0.25, 0.3) is 10.9 Å². The first-order chi connectivity index (χ1) is 15.9. The van der Waals surface area contributed by atoms with Crippen molar-refractivity contribution in [2.24, 2.45) is 0 Å². The molecule has 9 nitrogen and oxygen atoms in total. The Morgan fingerprint density at radius 3 is 2.79 bits per heavy atom. The molecule has 0 fully saturated rings. The predicted molar refractivity (Wildman–Crippen MR) is 125 cm³/mol. The molecule has 1 aromatic heterocycles. The van der Waals surface area contributed by atoms with Gasteiger partial charge in [0.2, 0.25) is 0 Å². The first-order valence-electron chi connectivity index (χ1n) is 10.2. The van der Waals surface area contributed by atoms with Gasteiger partial charge in [-0.05, 0) is 50.1 Å². The van der Waals surface area contributed by atoms with Gasteiger partial charge in [-0.25, -0.2) is 14.2 Å². The molecule has 2 aromatic carbocycles. The van der Waals surface area contributed by atoms with Crippen LogP contribution in [0.3, 0.4) is 0 Å². The molecule has 0 aliphatic rings. The SMILES string of the molecule is CCNC(=O)Oc1cc(F)ccc1OCCCCNc1c([N+](=O)[O-])cnc2ccc(Br)cc12. The van der Waals surface area contributed by atoms with Crippen molar-refractivity contribution in [3.8, 4) is 11.5 Å². The fourth-order valence-corrected chi connectivity index (χ4v) is 3.42. The lowest BCUT2D eigenvalue weighted by atomic mass is 10.1. The van der Waals surface area contributed by atoms with E-state index in [9.17, 15) is 19.3 Å². The second kappa shape index (κ2) is 11.4. The Bertz CT molecular complexity index is 1160. The van der Waals surface area contributed by atoms with E-state index >= 15 is 0 Å². The molecule has 33 heavy (non-hydrogen) atoms. The summed E-state index contributed by atoms with van der Waals surface area (Å²) < 4.78 is 25.1. The monoisotopic (exact) mass is 520 g/mol. The van der Waals surface area contributed by atoms with E-state index in [1.807, 2.05) is 6.07 Å². The average molecular weight is 521 g/mol. The van der Waals surface area contributed by atoms with Gasteiger partial charge in [-0.2, -0.15) is 0 Å². The number of carbonyl (C=O) groups excluding carboxylic acids is 1. The molecule has 11 heteroatoms. The van der Waals surface area contributed by atoms with Crippen LogP contribution >= 0.6 is 15.9 Å². The van der Waals surface area contributed by atoms with Crippen LogP contribution in [-0.2, 0) is 0 Å². The number of carbonyl (C=O) groups is 1. The smallest absolute Gasteiger partial charge is 0.412 e. The van der Waals surface area contributed by atoms with E-state index in [-0.39, 0.29) is 23.8 Å². The van der Waals surface area contributed by atoms with E-state index in [0.29, 0.717) is 42.5 Å². The summed E-state index contributed by atoms with van der Waals surface area (Å²) in [5.41, 5.74) is 0.948. The Hall–Kier alpha value is -3.47. The van der Waals surface area contributed by atoms with Gasteiger partial charge in [0.25, 0.3) is 0 Å². The van der Waals surface area contributed by atoms with Crippen LogP contribution in [0.5, 0.6) is 11.5 Å². The molecule has 0 saturated carbocycles. The number of hydrogen-bond donors (Lipinski definition) is 2. The number of rotatable bonds is 10. The summed E-state index contributed by atoms with van der Waals surface area (Å²) >= 11 is 3.39. The topological polar surface area (TPSA) is 116 Å². The Balaban J connectivity index is 1.57. The zero-order valence-electron chi connectivity index (χ0n) is 17.8. The number of amides is 1. The number of fused-ring (bicyclic) bond motifs is 1. The third-order valence-corrected chi connectivity index (χ3v) is 5.06. The Kier molecular flexibility index (Phi) is 8.36. The van der Waals surface area contributed by atoms with Crippen LogP contribution in [-0.4, -0.2) is 35.7 Å². The second-order valence-electron chi connectivity index (χ2n) is 6.93. The second-order valence-corrected chi connectivity index (χ2v) is 7.85. The summed E-state index contributed by atoms with van der Waals surface area (Å²) in [6.45, 7) is 2.85. The third kappa shape index (κ3) is 6.51. The zero-order chi connectivity index (χ0) is 23.8. The first kappa shape index (κ1) is 24.2. The molecule has 1 heterocycles. The fourth-order valence-electron chi connectivity index (χ4n) is 3.06. The van der Waals surface area contributed by atoms with Crippen LogP contribution in [0.1, 0.15) is 19.8 Å². The molecular weight excluding hydrogens is 499 g/mol. The summed E-state index contributed by atoms with van der Waals surface area (Å²) in [5, 5.41) is 17.7. The van der Waals surface area contributed by atoms with Crippen molar-refractivity contribution < 1.29 is 23.6 Å². The minimum Gasteiger partial charge on any atom is -0.490 e. The predicted octanol–water partition coefficient (Wildman–Crippen LogP) is 5.42. The fraction of sp³-hybridized carbons (Fsp3) is 0.273. The van der Waals surface area contributed by atoms with Crippen molar-refractivity contribution in [2.45, 2.75) is 19.8 Å². The lowest BCUT2D eigenvalue weighted by Crippen LogP contribution is -2.26. The van der Waals surface area contributed by atoms with Crippen molar-refractivity contribution in [2.75, 3.05) is 25.0 Å². The molecule has 2 N–H and O–H groups in total. The number of aromatic nitrogens is 1. The molecule has 0 spiro atoms. The quantitative estimate of drug-likeness (QED) is 0.208. The summed E-state index contributed by atoms with van der Waals surface area (Å²) in [4.78, 5) is 26.8. The highest BCUT2D eigenvalue weighted by Crippen LogP contribution is 2.33. The number of anilines is 1. The van der Waals surface area contributed by atoms with E-state index in [4.69, 9.17) is 9.47 Å². The van der Waals surface area contributed by atoms with E-state index in [1.54, 1.807) is 19.1 Å². The Morgan fingerprint density at radius 2 is 2.03 bits per heavy atom. The van der Waals surface area contributed by atoms with Crippen LogP contribution in [0.4, 0.5) is 20.6 Å². The van der Waals surface area contributed by atoms with Gasteiger partial charge in [0, 0.05) is 29.0 Å². The number of hydrogen-bond acceptors (Lipinski definition) is 7. The summed E-state index contributed by atoms with van der Waals surface area (Å²) in [6.07, 6.45) is 1.79. The van der Waals surface area contributed by atoms with Gasteiger partial charge >= 0.3 is 11.8 Å². The number of nitro groups is 1. The van der Waals surface area contributed by atoms with E-state index in [1.165, 1.54) is 18.3 Å². The molecule has 1 amide bonds. The van der Waals surface area contributed by atoms with Crippen molar-refractivity contribution in [1.29, 1.82) is 0 Å². The molecule has 0 unspecified atom stereocenters. The van der Waals surface area contributed by atoms with E-state index in [2.05, 4.69) is 31.5 Å². The summed E-state index contributed by atoms with van der Waals surface area (Å²) in [6, 6.07) is 9.08. The van der Waals surface area contributed by atoms with E-state index in [0.717, 1.165) is 10.5 Å². The summed E-state index contributed by atoms with van der Waals surface area (Å²) in [5.74, 6) is -0.316. The molecule has 0 radical (unpaired) electrons. The molecule has 0 aliphatic heterocycles. The molecule has 3 aromatic rings. The van der Waals surface area contributed by atoms with Gasteiger partial charge in [-0.3, -0.25) is 10.1 Å². The lowest BCUT2D eigenvalue weighted by Gasteiger charge is -2.13. The molecule has 0 atom stereocenters. The maximum absolute atomic E-state index is 13.5. The molecule has 0 saturated heterocycles. The average Bonchev–Trinajstić information content (AvgIpc) is 2.77. The summed E-state index contributed by atoms with van der Waals surface area (Å²) in [7, 11) is 0. The highest BCUT2D eigenvalue weighted by Gasteiger charge is 2.18. The Morgan fingerprint density at radius 1 is 1.21 bits per heavy atom. The number of halogens is 2. The van der Waals surface area contributed by atoms with Gasteiger partial charge in [-0.1, -0.05) is 15.9 Å². The maximum atomic E-state index is 13.5. The Labute approximate surface area is 197 Å². The highest BCUT2D eigenvalue weighted by molar-refractivity contribution is 9.10. The van der Waals surface area contributed by atoms with Gasteiger partial charge < -0.3 is 20.1 Å². The molecule has 3 rings (SSSR count). The number of pyridine rings is 1. The first-order valence-corrected chi connectivity index (χ1v) is 11.0. The minimum atomic E-state index is -0.699. The van der Waals surface area contributed by atoms with Crippen molar-refractivity contribution >= 4 is 44.3 Å². The van der Waals surface area contributed by atoms with Crippen LogP contribution in [0.2, 0.25) is 0 Å². The van der Waals surface area contributed by atoms with Crippen molar-refractivity contribution in [3.05, 3.63) is 63.0 Å². The van der Waals surface area contributed by atoms with Crippen molar-refractivity contribution in [1.82, 2.24) is 10.3 Å². The van der Waals surface area contributed by atoms with Crippen LogP contribution < -0.4 is 20.1 Å². The molecule has 0 aliphatic carbocycles. The van der Waals surface area contributed by atoms with Crippen LogP contribution in [0, 0.1) is 15.9 Å². The standard InChI is InChI=1S/C22H22BrFN4O5/c1-2-25-22(29)33-20-12-15(24)6-8-19(20)32-10-4-3-9-26-21-16-11-14(23)5-7-17(16)27-13-18(21)28(30)31/h5-8,11-13H,2-4,9-10H2,1H3,(H,25,29)(H,26,27). The van der Waals surface area contributed by atoms with Gasteiger partial charge in [0.15, 0.2) is 11.5 Å². The maximum Gasteiger partial charge on any atom is 0.412 e. The van der Waals surface area contributed by atoms with E-state index < -0.39 is 16.8 Å². The van der Waals surface area contributed by atoms with Gasteiger partial charge in [0.05, 0.1) is 17.0 Å².